The standard InChI is InChI=1S/C27H28N2O4/c1-32-24-14-12-22(13-15-24)17-28-20-29(18-21-8-4-2-5-9-21)26(30)16-25(28)27(31)33-19-23-10-6-3-7-11-23/h2-15,25H,16-20H2,1H3. The minimum absolute atomic E-state index is 0.0495. The molecule has 0 radical (unpaired) electrons. The lowest BCUT2D eigenvalue weighted by molar-refractivity contribution is -0.162. The number of benzene rings is 3. The van der Waals surface area contributed by atoms with Crippen molar-refractivity contribution >= 4 is 11.9 Å². The third kappa shape index (κ3) is 5.99. The fourth-order valence-electron chi connectivity index (χ4n) is 3.95. The number of carbonyl (C=O) groups is 2. The number of nitrogens with zero attached hydrogens (tertiary/aromatic N) is 2. The Morgan fingerprint density at radius 3 is 2.09 bits per heavy atom. The van der Waals surface area contributed by atoms with Gasteiger partial charge in [0.05, 0.1) is 20.2 Å². The first-order valence-corrected chi connectivity index (χ1v) is 11.0. The van der Waals surface area contributed by atoms with E-state index in [0.717, 1.165) is 22.4 Å². The van der Waals surface area contributed by atoms with E-state index >= 15 is 0 Å². The molecular formula is C27H28N2O4. The zero-order chi connectivity index (χ0) is 23.0. The van der Waals surface area contributed by atoms with E-state index in [0.29, 0.717) is 19.8 Å². The smallest absolute Gasteiger partial charge is 0.324 e. The second-order valence-corrected chi connectivity index (χ2v) is 8.13. The molecule has 0 spiro atoms. The van der Waals surface area contributed by atoms with Crippen LogP contribution >= 0.6 is 0 Å². The van der Waals surface area contributed by atoms with Crippen LogP contribution in [0, 0.1) is 0 Å². The van der Waals surface area contributed by atoms with Crippen molar-refractivity contribution in [3.05, 3.63) is 102 Å². The summed E-state index contributed by atoms with van der Waals surface area (Å²) in [4.78, 5) is 29.8. The monoisotopic (exact) mass is 444 g/mol. The van der Waals surface area contributed by atoms with Crippen molar-refractivity contribution in [2.75, 3.05) is 13.8 Å². The van der Waals surface area contributed by atoms with Crippen LogP contribution in [0.5, 0.6) is 5.75 Å². The van der Waals surface area contributed by atoms with Gasteiger partial charge in [0.25, 0.3) is 0 Å². The van der Waals surface area contributed by atoms with E-state index in [4.69, 9.17) is 9.47 Å². The van der Waals surface area contributed by atoms with Gasteiger partial charge in [-0.3, -0.25) is 14.5 Å². The Hall–Kier alpha value is -3.64. The van der Waals surface area contributed by atoms with Gasteiger partial charge in [0, 0.05) is 13.1 Å². The maximum Gasteiger partial charge on any atom is 0.324 e. The van der Waals surface area contributed by atoms with Gasteiger partial charge < -0.3 is 14.4 Å². The highest BCUT2D eigenvalue weighted by atomic mass is 16.5. The number of hydrogen-bond donors (Lipinski definition) is 0. The van der Waals surface area contributed by atoms with E-state index in [1.54, 1.807) is 12.0 Å². The van der Waals surface area contributed by atoms with Crippen molar-refractivity contribution in [1.82, 2.24) is 9.80 Å². The molecule has 6 nitrogen and oxygen atoms in total. The lowest BCUT2D eigenvalue weighted by atomic mass is 10.1. The number of amides is 1. The molecule has 1 unspecified atom stereocenters. The summed E-state index contributed by atoms with van der Waals surface area (Å²) < 4.78 is 10.9. The first kappa shape index (κ1) is 22.6. The molecule has 33 heavy (non-hydrogen) atoms. The summed E-state index contributed by atoms with van der Waals surface area (Å²) in [6, 6.07) is 26.6. The number of carbonyl (C=O) groups excluding carboxylic acids is 2. The number of esters is 1. The Bertz CT molecular complexity index is 1050. The number of hydrogen-bond acceptors (Lipinski definition) is 5. The highest BCUT2D eigenvalue weighted by Gasteiger charge is 2.37. The Labute approximate surface area is 194 Å². The van der Waals surface area contributed by atoms with Crippen molar-refractivity contribution in [3.63, 3.8) is 0 Å². The highest BCUT2D eigenvalue weighted by molar-refractivity contribution is 5.86. The van der Waals surface area contributed by atoms with Crippen LogP contribution in [-0.4, -0.2) is 41.5 Å². The minimum atomic E-state index is -0.629. The summed E-state index contributed by atoms with van der Waals surface area (Å²) in [5.74, 6) is 0.351. The van der Waals surface area contributed by atoms with Crippen molar-refractivity contribution in [2.45, 2.75) is 32.2 Å². The van der Waals surface area contributed by atoms with Crippen LogP contribution in [0.1, 0.15) is 23.1 Å². The molecule has 0 N–H and O–H groups in total. The van der Waals surface area contributed by atoms with Gasteiger partial charge >= 0.3 is 5.97 Å². The van der Waals surface area contributed by atoms with Crippen LogP contribution in [0.3, 0.4) is 0 Å². The zero-order valence-corrected chi connectivity index (χ0v) is 18.7. The third-order valence-corrected chi connectivity index (χ3v) is 5.77. The molecule has 0 bridgehead atoms. The highest BCUT2D eigenvalue weighted by Crippen LogP contribution is 2.23. The topological polar surface area (TPSA) is 59.1 Å². The van der Waals surface area contributed by atoms with Crippen LogP contribution in [0.25, 0.3) is 0 Å². The number of methoxy groups -OCH3 is 1. The molecule has 1 atom stereocenters. The second kappa shape index (κ2) is 10.8. The van der Waals surface area contributed by atoms with Crippen molar-refractivity contribution in [1.29, 1.82) is 0 Å². The first-order valence-electron chi connectivity index (χ1n) is 11.0. The van der Waals surface area contributed by atoms with Crippen LogP contribution in [0.4, 0.5) is 0 Å². The Kier molecular flexibility index (Phi) is 7.37. The SMILES string of the molecule is COc1ccc(CN2CN(Cc3ccccc3)C(=O)CC2C(=O)OCc2ccccc2)cc1. The minimum Gasteiger partial charge on any atom is -0.497 e. The molecule has 1 heterocycles. The quantitative estimate of drug-likeness (QED) is 0.492. The van der Waals surface area contributed by atoms with Gasteiger partial charge in [-0.2, -0.15) is 0 Å². The molecule has 3 aromatic rings. The molecule has 1 aliphatic rings. The Morgan fingerprint density at radius 1 is 0.848 bits per heavy atom. The average Bonchev–Trinajstić information content (AvgIpc) is 2.86. The summed E-state index contributed by atoms with van der Waals surface area (Å²) in [7, 11) is 1.63. The third-order valence-electron chi connectivity index (χ3n) is 5.77. The van der Waals surface area contributed by atoms with Crippen LogP contribution in [0.2, 0.25) is 0 Å². The molecule has 1 amide bonds. The van der Waals surface area contributed by atoms with E-state index in [9.17, 15) is 9.59 Å². The Morgan fingerprint density at radius 2 is 1.45 bits per heavy atom. The van der Waals surface area contributed by atoms with Gasteiger partial charge in [0.15, 0.2) is 0 Å². The molecule has 1 saturated heterocycles. The molecule has 4 rings (SSSR count). The largest absolute Gasteiger partial charge is 0.497 e. The maximum atomic E-state index is 13.0. The van der Waals surface area contributed by atoms with E-state index < -0.39 is 6.04 Å². The lowest BCUT2D eigenvalue weighted by Gasteiger charge is -2.40. The van der Waals surface area contributed by atoms with Gasteiger partial charge in [0.2, 0.25) is 5.91 Å². The number of rotatable bonds is 8. The van der Waals surface area contributed by atoms with Crippen molar-refractivity contribution in [3.8, 4) is 5.75 Å². The van der Waals surface area contributed by atoms with Crippen LogP contribution in [0.15, 0.2) is 84.9 Å². The molecule has 1 aliphatic heterocycles. The normalized spacial score (nSPS) is 16.5. The van der Waals surface area contributed by atoms with Gasteiger partial charge in [-0.15, -0.1) is 0 Å². The Balaban J connectivity index is 1.49. The molecule has 1 fully saturated rings. The molecular weight excluding hydrogens is 416 g/mol. The first-order chi connectivity index (χ1) is 16.1. The van der Waals surface area contributed by atoms with Gasteiger partial charge in [-0.05, 0) is 28.8 Å². The van der Waals surface area contributed by atoms with Gasteiger partial charge in [-0.1, -0.05) is 72.8 Å². The molecule has 0 aromatic heterocycles. The van der Waals surface area contributed by atoms with Crippen LogP contribution < -0.4 is 4.74 Å². The zero-order valence-electron chi connectivity index (χ0n) is 18.7. The summed E-state index contributed by atoms with van der Waals surface area (Å²) in [5.41, 5.74) is 3.01. The summed E-state index contributed by atoms with van der Waals surface area (Å²) in [6.45, 7) is 1.57. The molecule has 3 aromatic carbocycles. The van der Waals surface area contributed by atoms with Crippen molar-refractivity contribution < 1.29 is 19.1 Å². The maximum absolute atomic E-state index is 13.0. The molecule has 0 saturated carbocycles. The summed E-state index contributed by atoms with van der Waals surface area (Å²) in [5, 5.41) is 0. The summed E-state index contributed by atoms with van der Waals surface area (Å²) >= 11 is 0. The molecule has 0 aliphatic carbocycles. The van der Waals surface area contributed by atoms with E-state index in [2.05, 4.69) is 0 Å². The fourth-order valence-corrected chi connectivity index (χ4v) is 3.95. The number of ether oxygens (including phenoxy) is 2. The van der Waals surface area contributed by atoms with E-state index in [1.807, 2.05) is 89.8 Å². The van der Waals surface area contributed by atoms with Crippen LogP contribution in [-0.2, 0) is 34.0 Å². The predicted octanol–water partition coefficient (Wildman–Crippen LogP) is 4.00. The predicted molar refractivity (Wildman–Crippen MR) is 125 cm³/mol. The van der Waals surface area contributed by atoms with Crippen molar-refractivity contribution in [2.24, 2.45) is 0 Å². The average molecular weight is 445 g/mol. The summed E-state index contributed by atoms with van der Waals surface area (Å²) in [6.07, 6.45) is 0.0939. The van der Waals surface area contributed by atoms with E-state index in [-0.39, 0.29) is 24.9 Å². The van der Waals surface area contributed by atoms with Gasteiger partial charge in [0.1, 0.15) is 18.4 Å². The fraction of sp³-hybridized carbons (Fsp3) is 0.259. The van der Waals surface area contributed by atoms with Gasteiger partial charge in [-0.25, -0.2) is 0 Å². The molecule has 6 heteroatoms. The second-order valence-electron chi connectivity index (χ2n) is 8.13. The molecule has 170 valence electrons. The van der Waals surface area contributed by atoms with E-state index in [1.165, 1.54) is 0 Å². The lowest BCUT2D eigenvalue weighted by Crippen LogP contribution is -2.55.